The molecule has 1 atom stereocenters. The molecule has 0 saturated carbocycles. The van der Waals surface area contributed by atoms with Crippen LogP contribution in [0.5, 0.6) is 52.5 Å². The van der Waals surface area contributed by atoms with E-state index in [0.717, 1.165) is 28.7 Å². The monoisotopic (exact) mass is 647 g/mol. The van der Waals surface area contributed by atoms with E-state index in [0.29, 0.717) is 38.8 Å². The first kappa shape index (κ1) is 28.1. The average molecular weight is 648 g/mol. The first-order chi connectivity index (χ1) is 20.9. The van der Waals surface area contributed by atoms with Crippen LogP contribution in [0.4, 0.5) is 0 Å². The lowest BCUT2D eigenvalue weighted by Gasteiger charge is -2.26. The van der Waals surface area contributed by atoms with Crippen molar-refractivity contribution < 1.29 is 42.6 Å². The van der Waals surface area contributed by atoms with E-state index in [9.17, 15) is 0 Å². The molecule has 4 aromatic heterocycles. The highest BCUT2D eigenvalue weighted by atomic mass is 32.1. The van der Waals surface area contributed by atoms with Crippen molar-refractivity contribution in [1.29, 1.82) is 0 Å². The highest BCUT2D eigenvalue weighted by Crippen LogP contribution is 2.39. The van der Waals surface area contributed by atoms with E-state index in [4.69, 9.17) is 42.6 Å². The van der Waals surface area contributed by atoms with Crippen molar-refractivity contribution in [3.8, 4) is 52.5 Å². The zero-order valence-electron chi connectivity index (χ0n) is 23.4. The molecule has 0 radical (unpaired) electrons. The zero-order chi connectivity index (χ0) is 29.3. The van der Waals surface area contributed by atoms with Crippen LogP contribution in [0.25, 0.3) is 0 Å². The second-order valence-corrected chi connectivity index (χ2v) is 13.4. The Bertz CT molecular complexity index is 1430. The highest BCUT2D eigenvalue weighted by Gasteiger charge is 2.34. The number of hydrogen-bond donors (Lipinski definition) is 0. The van der Waals surface area contributed by atoms with E-state index < -0.39 is 10.8 Å². The molecular weight excluding hydrogens is 619 g/mol. The number of rotatable bonds is 9. The maximum atomic E-state index is 6.08. The molecule has 12 nitrogen and oxygen atoms in total. The molecule has 228 valence electrons. The Morgan fingerprint density at radius 3 is 1.47 bits per heavy atom. The first-order valence-corrected chi connectivity index (χ1v) is 16.4. The van der Waals surface area contributed by atoms with Gasteiger partial charge >= 0.3 is 18.0 Å². The minimum Gasteiger partial charge on any atom is -0.488 e. The highest BCUT2D eigenvalue weighted by molar-refractivity contribution is 7.09. The van der Waals surface area contributed by atoms with Crippen LogP contribution >= 0.6 is 34.0 Å². The molecule has 0 amide bonds. The van der Waals surface area contributed by atoms with E-state index in [1.165, 1.54) is 34.0 Å². The van der Waals surface area contributed by atoms with Gasteiger partial charge in [0.25, 0.3) is 0 Å². The van der Waals surface area contributed by atoms with Gasteiger partial charge in [0.2, 0.25) is 0 Å². The molecule has 0 saturated heterocycles. The number of thiophene rings is 3. The van der Waals surface area contributed by atoms with E-state index in [-0.39, 0.29) is 44.0 Å². The third-order valence-corrected chi connectivity index (χ3v) is 8.97. The van der Waals surface area contributed by atoms with Gasteiger partial charge in [-0.1, -0.05) is 0 Å². The van der Waals surface area contributed by atoms with Crippen molar-refractivity contribution in [1.82, 2.24) is 15.0 Å². The Hall–Kier alpha value is -3.69. The fourth-order valence-electron chi connectivity index (χ4n) is 4.33. The molecule has 0 bridgehead atoms. The SMILES string of the molecule is CC1(COc2nc(OCC3COc4cscc4O3)nc(OCC3(C)COc4cscc4OC3)n2)COc2cscc2OC1. The summed E-state index contributed by atoms with van der Waals surface area (Å²) >= 11 is 4.59. The lowest BCUT2D eigenvalue weighted by atomic mass is 9.94. The molecular formula is C28H29N3O9S3. The van der Waals surface area contributed by atoms with Crippen molar-refractivity contribution in [2.75, 3.05) is 52.9 Å². The number of aromatic nitrogens is 3. The Morgan fingerprint density at radius 2 is 1.00 bits per heavy atom. The van der Waals surface area contributed by atoms with Crippen molar-refractivity contribution >= 4 is 34.0 Å². The van der Waals surface area contributed by atoms with Crippen molar-refractivity contribution in [3.05, 3.63) is 32.3 Å². The van der Waals surface area contributed by atoms with Gasteiger partial charge in [-0.2, -0.15) is 0 Å². The largest absolute Gasteiger partial charge is 0.488 e. The van der Waals surface area contributed by atoms with Crippen LogP contribution in [0.1, 0.15) is 13.8 Å². The Kier molecular flexibility index (Phi) is 7.69. The zero-order valence-corrected chi connectivity index (χ0v) is 25.9. The quantitative estimate of drug-likeness (QED) is 0.243. The molecule has 3 aliphatic heterocycles. The third-order valence-electron chi connectivity index (χ3n) is 6.87. The minimum atomic E-state index is -0.459. The van der Waals surface area contributed by atoms with Gasteiger partial charge in [0.1, 0.15) is 52.9 Å². The average Bonchev–Trinajstić information content (AvgIpc) is 3.75. The molecule has 15 heteroatoms. The Balaban J connectivity index is 1.03. The van der Waals surface area contributed by atoms with Crippen molar-refractivity contribution in [3.63, 3.8) is 0 Å². The second kappa shape index (κ2) is 11.8. The molecule has 0 spiro atoms. The predicted molar refractivity (Wildman–Crippen MR) is 157 cm³/mol. The van der Waals surface area contributed by atoms with Crippen LogP contribution in [0.15, 0.2) is 32.3 Å². The summed E-state index contributed by atoms with van der Waals surface area (Å²) in [7, 11) is 0. The molecule has 0 N–H and O–H groups in total. The standard InChI is InChI=1S/C28H29N3O9S3/c1-27(11-34-18-5-41-6-19(18)35-12-27)15-38-25-29-24(33-4-17-3-32-22-9-43-10-23(22)40-17)30-26(31-25)39-16-28(2)13-36-20-7-42-8-21(20)37-14-28/h5-10,17H,3-4,11-16H2,1-2H3. The van der Waals surface area contributed by atoms with Gasteiger partial charge in [0, 0.05) is 32.3 Å². The van der Waals surface area contributed by atoms with Crippen molar-refractivity contribution in [2.45, 2.75) is 20.0 Å². The van der Waals surface area contributed by atoms with E-state index in [1.54, 1.807) is 0 Å². The summed E-state index contributed by atoms with van der Waals surface area (Å²) < 4.78 is 53.7. The molecule has 3 aliphatic rings. The van der Waals surface area contributed by atoms with E-state index in [2.05, 4.69) is 15.0 Å². The lowest BCUT2D eigenvalue weighted by Crippen LogP contribution is -2.37. The van der Waals surface area contributed by atoms with Gasteiger partial charge in [0.15, 0.2) is 40.6 Å². The van der Waals surface area contributed by atoms with Gasteiger partial charge in [-0.05, 0) is 13.8 Å². The topological polar surface area (TPSA) is 122 Å². The maximum absolute atomic E-state index is 6.08. The van der Waals surface area contributed by atoms with Crippen LogP contribution in [-0.2, 0) is 0 Å². The summed E-state index contributed by atoms with van der Waals surface area (Å²) in [6.45, 7) is 6.60. The number of ether oxygens (including phenoxy) is 9. The Morgan fingerprint density at radius 1 is 0.605 bits per heavy atom. The molecule has 43 heavy (non-hydrogen) atoms. The smallest absolute Gasteiger partial charge is 0.325 e. The fraction of sp³-hybridized carbons (Fsp3) is 0.464. The van der Waals surface area contributed by atoms with Gasteiger partial charge in [0.05, 0.1) is 10.8 Å². The van der Waals surface area contributed by atoms with Gasteiger partial charge in [-0.25, -0.2) is 0 Å². The maximum Gasteiger partial charge on any atom is 0.325 e. The summed E-state index contributed by atoms with van der Waals surface area (Å²) in [6.07, 6.45) is -0.339. The van der Waals surface area contributed by atoms with E-state index in [1.807, 2.05) is 46.1 Å². The number of hydrogen-bond acceptors (Lipinski definition) is 15. The summed E-state index contributed by atoms with van der Waals surface area (Å²) in [6, 6.07) is 0.155. The molecule has 4 aromatic rings. The van der Waals surface area contributed by atoms with Gasteiger partial charge < -0.3 is 42.6 Å². The number of fused-ring (bicyclic) bond motifs is 3. The molecule has 1 unspecified atom stereocenters. The summed E-state index contributed by atoms with van der Waals surface area (Å²) in [5.41, 5.74) is -0.918. The molecule has 0 fully saturated rings. The van der Waals surface area contributed by atoms with Crippen LogP contribution in [-0.4, -0.2) is 73.9 Å². The second-order valence-electron chi connectivity index (χ2n) is 11.2. The lowest BCUT2D eigenvalue weighted by molar-refractivity contribution is 0.0452. The normalized spacial score (nSPS) is 19.5. The van der Waals surface area contributed by atoms with Crippen LogP contribution in [0, 0.1) is 10.8 Å². The summed E-state index contributed by atoms with van der Waals surface area (Å²) in [5.74, 6) is 4.37. The minimum absolute atomic E-state index is 0.0421. The van der Waals surface area contributed by atoms with Gasteiger partial charge in [-0.15, -0.1) is 49.0 Å². The number of nitrogens with zero attached hydrogens (tertiary/aromatic N) is 3. The first-order valence-electron chi connectivity index (χ1n) is 13.6. The summed E-state index contributed by atoms with van der Waals surface area (Å²) in [4.78, 5) is 13.2. The third kappa shape index (κ3) is 6.48. The van der Waals surface area contributed by atoms with Crippen molar-refractivity contribution in [2.24, 2.45) is 10.8 Å². The molecule has 0 aliphatic carbocycles. The molecule has 0 aromatic carbocycles. The van der Waals surface area contributed by atoms with E-state index >= 15 is 0 Å². The molecule has 7 heterocycles. The van der Waals surface area contributed by atoms with Crippen LogP contribution in [0.3, 0.4) is 0 Å². The van der Waals surface area contributed by atoms with Gasteiger partial charge in [-0.3, -0.25) is 0 Å². The fourth-order valence-corrected chi connectivity index (χ4v) is 6.37. The summed E-state index contributed by atoms with van der Waals surface area (Å²) in [5, 5.41) is 11.5. The predicted octanol–water partition coefficient (Wildman–Crippen LogP) is 4.99. The molecule has 7 rings (SSSR count). The van der Waals surface area contributed by atoms with Crippen LogP contribution in [0.2, 0.25) is 0 Å². The Labute approximate surface area is 259 Å². The van der Waals surface area contributed by atoms with Crippen LogP contribution < -0.4 is 42.6 Å².